The normalized spacial score (nSPS) is 30.7. The number of rotatable bonds is 2. The van der Waals surface area contributed by atoms with Crippen molar-refractivity contribution in [2.75, 3.05) is 0 Å². The molecule has 2 unspecified atom stereocenters. The molecular formula is C14H22N2O3. The van der Waals surface area contributed by atoms with Gasteiger partial charge in [0, 0.05) is 11.8 Å². The highest BCUT2D eigenvalue weighted by molar-refractivity contribution is 5.95. The number of carbonyl (C=O) groups is 1. The van der Waals surface area contributed by atoms with Crippen LogP contribution >= 0.6 is 0 Å². The number of oxime groups is 2. The van der Waals surface area contributed by atoms with Crippen LogP contribution in [0.15, 0.2) is 10.3 Å². The highest BCUT2D eigenvalue weighted by Gasteiger charge is 2.58. The van der Waals surface area contributed by atoms with Crippen LogP contribution in [0.5, 0.6) is 0 Å². The largest absolute Gasteiger partial charge is 0.381 e. The minimum Gasteiger partial charge on any atom is -0.376 e. The molecule has 1 heterocycles. The smallest absolute Gasteiger partial charge is 0.376 e. The topological polar surface area (TPSA) is 60.2 Å². The third kappa shape index (κ3) is 2.38. The first kappa shape index (κ1) is 14.0. The Bertz CT molecular complexity index is 448. The van der Waals surface area contributed by atoms with Gasteiger partial charge in [-0.15, -0.1) is 0 Å². The molecular weight excluding hydrogens is 244 g/mol. The zero-order chi connectivity index (χ0) is 14.3. The van der Waals surface area contributed by atoms with Crippen molar-refractivity contribution in [3.63, 3.8) is 0 Å². The first-order valence-electron chi connectivity index (χ1n) is 6.76. The van der Waals surface area contributed by atoms with Gasteiger partial charge in [-0.1, -0.05) is 31.1 Å². The summed E-state index contributed by atoms with van der Waals surface area (Å²) in [5, 5.41) is 7.91. The number of hydrogen-bond acceptors (Lipinski definition) is 5. The molecule has 2 atom stereocenters. The van der Waals surface area contributed by atoms with E-state index in [0.29, 0.717) is 6.42 Å². The average molecular weight is 266 g/mol. The summed E-state index contributed by atoms with van der Waals surface area (Å²) in [5.74, 6) is -0.371. The Morgan fingerprint density at radius 2 is 2.21 bits per heavy atom. The van der Waals surface area contributed by atoms with Gasteiger partial charge >= 0.3 is 5.97 Å². The quantitative estimate of drug-likeness (QED) is 0.438. The fourth-order valence-electron chi connectivity index (χ4n) is 2.45. The Hall–Kier alpha value is -1.39. The maximum absolute atomic E-state index is 12.3. The van der Waals surface area contributed by atoms with E-state index in [2.05, 4.69) is 10.3 Å². The van der Waals surface area contributed by atoms with E-state index < -0.39 is 11.6 Å². The summed E-state index contributed by atoms with van der Waals surface area (Å²) in [7, 11) is 0. The van der Waals surface area contributed by atoms with E-state index in [0.717, 1.165) is 24.3 Å². The lowest BCUT2D eigenvalue weighted by Crippen LogP contribution is -2.43. The second-order valence-electron chi connectivity index (χ2n) is 6.46. The third-order valence-corrected chi connectivity index (χ3v) is 4.16. The predicted octanol–water partition coefficient (Wildman–Crippen LogP) is 2.90. The molecule has 0 N–H and O–H groups in total. The molecule has 106 valence electrons. The lowest BCUT2D eigenvalue weighted by Gasteiger charge is -2.23. The molecule has 5 heteroatoms. The molecule has 0 aromatic heterocycles. The van der Waals surface area contributed by atoms with Gasteiger partial charge in [0.2, 0.25) is 5.60 Å². The van der Waals surface area contributed by atoms with Crippen LogP contribution in [0.4, 0.5) is 0 Å². The van der Waals surface area contributed by atoms with Crippen LogP contribution in [0.3, 0.4) is 0 Å². The molecule has 19 heavy (non-hydrogen) atoms. The van der Waals surface area contributed by atoms with Crippen LogP contribution in [-0.4, -0.2) is 23.0 Å². The Morgan fingerprint density at radius 1 is 1.53 bits per heavy atom. The Kier molecular flexibility index (Phi) is 3.41. The van der Waals surface area contributed by atoms with Crippen molar-refractivity contribution in [3.8, 4) is 0 Å². The standard InChI is InChI=1S/C14H22N2O3/c1-9-11-7-6-8-14(11,19-15-9)12(17)18-16-10(2)13(3,4)5/h11H,6-8H2,1-5H3/b16-10+. The van der Waals surface area contributed by atoms with Crippen LogP contribution in [0.25, 0.3) is 0 Å². The van der Waals surface area contributed by atoms with Gasteiger partial charge in [-0.2, -0.15) is 0 Å². The summed E-state index contributed by atoms with van der Waals surface area (Å²) in [6.07, 6.45) is 2.53. The lowest BCUT2D eigenvalue weighted by molar-refractivity contribution is -0.172. The van der Waals surface area contributed by atoms with Crippen LogP contribution in [-0.2, 0) is 14.5 Å². The molecule has 0 amide bonds. The minimum absolute atomic E-state index is 0.0464. The number of fused-ring (bicyclic) bond motifs is 1. The summed E-state index contributed by atoms with van der Waals surface area (Å²) < 4.78 is 0. The van der Waals surface area contributed by atoms with Gasteiger partial charge in [0.25, 0.3) is 0 Å². The van der Waals surface area contributed by atoms with Crippen molar-refractivity contribution < 1.29 is 14.5 Å². The Labute approximate surface area is 114 Å². The van der Waals surface area contributed by atoms with Gasteiger partial charge in [-0.25, -0.2) is 4.79 Å². The fourth-order valence-corrected chi connectivity index (χ4v) is 2.45. The van der Waals surface area contributed by atoms with Gasteiger partial charge in [-0.05, 0) is 26.7 Å². The minimum atomic E-state index is -0.925. The molecule has 1 aliphatic carbocycles. The predicted molar refractivity (Wildman–Crippen MR) is 72.9 cm³/mol. The SMILES string of the molecule is CC1=NOC2(C(=O)O/N=C(\C)C(C)(C)C)CCCC12. The molecule has 1 fully saturated rings. The fraction of sp³-hybridized carbons (Fsp3) is 0.786. The van der Waals surface area contributed by atoms with Gasteiger partial charge in [-0.3, -0.25) is 0 Å². The summed E-state index contributed by atoms with van der Waals surface area (Å²) in [6.45, 7) is 9.82. The molecule has 0 bridgehead atoms. The highest BCUT2D eigenvalue weighted by atomic mass is 16.7. The van der Waals surface area contributed by atoms with E-state index >= 15 is 0 Å². The summed E-state index contributed by atoms with van der Waals surface area (Å²) in [6, 6.07) is 0. The van der Waals surface area contributed by atoms with E-state index in [1.54, 1.807) is 0 Å². The summed E-state index contributed by atoms with van der Waals surface area (Å²) in [5.41, 5.74) is 0.621. The van der Waals surface area contributed by atoms with Gasteiger partial charge in [0.1, 0.15) is 0 Å². The first-order chi connectivity index (χ1) is 8.77. The number of carbonyl (C=O) groups excluding carboxylic acids is 1. The van der Waals surface area contributed by atoms with Crippen LogP contribution in [0.1, 0.15) is 53.9 Å². The molecule has 5 nitrogen and oxygen atoms in total. The maximum Gasteiger partial charge on any atom is 0.381 e. The zero-order valence-corrected chi connectivity index (χ0v) is 12.3. The third-order valence-electron chi connectivity index (χ3n) is 4.16. The maximum atomic E-state index is 12.3. The van der Waals surface area contributed by atoms with Gasteiger partial charge in [0.15, 0.2) is 0 Å². The molecule has 0 aromatic carbocycles. The van der Waals surface area contributed by atoms with E-state index in [4.69, 9.17) is 9.68 Å². The van der Waals surface area contributed by atoms with Crippen molar-refractivity contribution in [2.24, 2.45) is 21.6 Å². The van der Waals surface area contributed by atoms with Gasteiger partial charge < -0.3 is 9.68 Å². The van der Waals surface area contributed by atoms with Crippen molar-refractivity contribution >= 4 is 17.4 Å². The van der Waals surface area contributed by atoms with Gasteiger partial charge in [0.05, 0.1) is 17.3 Å². The van der Waals surface area contributed by atoms with E-state index in [-0.39, 0.29) is 11.3 Å². The Morgan fingerprint density at radius 3 is 2.84 bits per heavy atom. The lowest BCUT2D eigenvalue weighted by atomic mass is 9.88. The summed E-state index contributed by atoms with van der Waals surface area (Å²) >= 11 is 0. The van der Waals surface area contributed by atoms with E-state index in [9.17, 15) is 4.79 Å². The average Bonchev–Trinajstić information content (AvgIpc) is 2.87. The molecule has 0 aromatic rings. The van der Waals surface area contributed by atoms with Crippen molar-refractivity contribution in [3.05, 3.63) is 0 Å². The summed E-state index contributed by atoms with van der Waals surface area (Å²) in [4.78, 5) is 22.8. The monoisotopic (exact) mass is 266 g/mol. The van der Waals surface area contributed by atoms with Crippen molar-refractivity contribution in [1.82, 2.24) is 0 Å². The molecule has 1 aliphatic heterocycles. The first-order valence-corrected chi connectivity index (χ1v) is 6.76. The molecule has 0 spiro atoms. The molecule has 2 aliphatic rings. The van der Waals surface area contributed by atoms with Crippen molar-refractivity contribution in [1.29, 1.82) is 0 Å². The molecule has 1 saturated carbocycles. The molecule has 0 saturated heterocycles. The van der Waals surface area contributed by atoms with E-state index in [1.807, 2.05) is 34.6 Å². The number of hydrogen-bond donors (Lipinski definition) is 0. The number of nitrogens with zero attached hydrogens (tertiary/aromatic N) is 2. The molecule has 0 radical (unpaired) electrons. The second kappa shape index (κ2) is 4.62. The molecule has 2 rings (SSSR count). The van der Waals surface area contributed by atoms with Crippen molar-refractivity contribution in [2.45, 2.75) is 59.5 Å². The van der Waals surface area contributed by atoms with E-state index in [1.165, 1.54) is 0 Å². The highest BCUT2D eigenvalue weighted by Crippen LogP contribution is 2.44. The van der Waals surface area contributed by atoms with Crippen LogP contribution in [0.2, 0.25) is 0 Å². The Balaban J connectivity index is 2.09. The second-order valence-corrected chi connectivity index (χ2v) is 6.46. The van der Waals surface area contributed by atoms with Crippen LogP contribution in [0, 0.1) is 11.3 Å². The van der Waals surface area contributed by atoms with Crippen LogP contribution < -0.4 is 0 Å². The zero-order valence-electron chi connectivity index (χ0n) is 12.3.